The molecule has 2 heteroatoms. The van der Waals surface area contributed by atoms with Gasteiger partial charge in [0.15, 0.2) is 0 Å². The van der Waals surface area contributed by atoms with Gasteiger partial charge in [0.2, 0.25) is 0 Å². The van der Waals surface area contributed by atoms with Crippen LogP contribution in [0.15, 0.2) is 198 Å². The van der Waals surface area contributed by atoms with E-state index in [2.05, 4.69) is 215 Å². The predicted octanol–water partition coefficient (Wildman–Crippen LogP) is 15.2. The molecule has 5 aromatic rings. The lowest BCUT2D eigenvalue weighted by Crippen LogP contribution is -2.23. The van der Waals surface area contributed by atoms with E-state index in [-0.39, 0.29) is 16.7 Å². The lowest BCUT2D eigenvalue weighted by atomic mass is 9.81. The average Bonchev–Trinajstić information content (AvgIpc) is 3.92. The van der Waals surface area contributed by atoms with Crippen LogP contribution in [-0.2, 0) is 10.8 Å². The lowest BCUT2D eigenvalue weighted by molar-refractivity contribution is 0.655. The third-order valence-electron chi connectivity index (χ3n) is 13.8. The van der Waals surface area contributed by atoms with Crippen LogP contribution in [-0.4, -0.2) is 0 Å². The Labute approximate surface area is 363 Å². The van der Waals surface area contributed by atoms with E-state index >= 15 is 0 Å². The van der Waals surface area contributed by atoms with Crippen LogP contribution in [0.5, 0.6) is 0 Å². The Morgan fingerprint density at radius 2 is 1.59 bits per heavy atom. The van der Waals surface area contributed by atoms with Crippen LogP contribution in [0.2, 0.25) is 0 Å². The summed E-state index contributed by atoms with van der Waals surface area (Å²) in [7, 11) is 0. The highest BCUT2D eigenvalue weighted by Gasteiger charge is 2.38. The SMILES string of the molecule is C=C1CC/C(N(c2ccc3c(c2)C(C)(C)C2=C3C=C=C2)c2ccccc2-c2ccccc2)=C\N(c2ccc3c(c2)-c2ccc#cc2C3(C)C)C=CCC2C=CC(C)=C/C2=C\1C. The third-order valence-corrected chi connectivity index (χ3v) is 13.8. The van der Waals surface area contributed by atoms with Crippen molar-refractivity contribution in [1.29, 1.82) is 0 Å². The van der Waals surface area contributed by atoms with Gasteiger partial charge in [0, 0.05) is 57.3 Å². The maximum atomic E-state index is 4.78. The van der Waals surface area contributed by atoms with Gasteiger partial charge in [0.1, 0.15) is 0 Å². The van der Waals surface area contributed by atoms with E-state index in [1.54, 1.807) is 0 Å². The molecule has 1 unspecified atom stereocenters. The summed E-state index contributed by atoms with van der Waals surface area (Å²) in [4.78, 5) is 4.90. The number of para-hydroxylation sites is 1. The number of fused-ring (bicyclic) bond motifs is 6. The standard InChI is InChI=1S/C59H52N2/c1-39-26-28-43-19-16-34-60(44-31-33-55-52(36-44)49-21-11-13-23-53(49)58(55,4)5)38-46(29-27-40(2)41(3)51(43)35-39)61(57-25-14-12-20-47(57)42-17-9-8-10-18-42)45-30-32-50-48-22-15-24-54(48)59(6,7)56(50)37-45/h8-12,14,16-18,20-22,24-26,28,30-38,43H,2,19,27,29H2,1,3-7H3/b34-16?,46-38+,51-41+. The van der Waals surface area contributed by atoms with E-state index < -0.39 is 0 Å². The van der Waals surface area contributed by atoms with Crippen molar-refractivity contribution in [3.63, 3.8) is 0 Å². The second kappa shape index (κ2) is 14.7. The van der Waals surface area contributed by atoms with Gasteiger partial charge in [0.25, 0.3) is 0 Å². The molecule has 0 saturated heterocycles. The monoisotopic (exact) mass is 788 g/mol. The van der Waals surface area contributed by atoms with Gasteiger partial charge >= 0.3 is 0 Å². The van der Waals surface area contributed by atoms with Gasteiger partial charge in [-0.05, 0) is 143 Å². The molecule has 1 atom stereocenters. The fraction of sp³-hybridized carbons (Fsp3) is 0.203. The molecule has 61 heavy (non-hydrogen) atoms. The van der Waals surface area contributed by atoms with Crippen LogP contribution >= 0.6 is 0 Å². The van der Waals surface area contributed by atoms with Crippen molar-refractivity contribution in [2.45, 2.75) is 71.6 Å². The molecular formula is C59H52N2. The first-order chi connectivity index (χ1) is 29.5. The van der Waals surface area contributed by atoms with E-state index in [4.69, 9.17) is 6.58 Å². The molecule has 10 rings (SSSR count). The van der Waals surface area contributed by atoms with Crippen molar-refractivity contribution >= 4 is 22.6 Å². The molecule has 0 saturated carbocycles. The van der Waals surface area contributed by atoms with Crippen molar-refractivity contribution in [3.05, 3.63) is 232 Å². The van der Waals surface area contributed by atoms with Gasteiger partial charge in [-0.15, -0.1) is 5.73 Å². The van der Waals surface area contributed by atoms with Gasteiger partial charge in [-0.2, -0.15) is 0 Å². The molecular weight excluding hydrogens is 737 g/mol. The highest BCUT2D eigenvalue weighted by Crippen LogP contribution is 2.52. The molecule has 5 aliphatic rings. The van der Waals surface area contributed by atoms with Crippen molar-refractivity contribution < 1.29 is 0 Å². The normalized spacial score (nSPS) is 21.3. The molecule has 2 nitrogen and oxygen atoms in total. The zero-order valence-corrected chi connectivity index (χ0v) is 36.2. The van der Waals surface area contributed by atoms with Crippen molar-refractivity contribution in [2.24, 2.45) is 5.92 Å². The number of anilines is 3. The van der Waals surface area contributed by atoms with Gasteiger partial charge in [-0.25, -0.2) is 0 Å². The molecule has 0 fully saturated rings. The van der Waals surface area contributed by atoms with Crippen LogP contribution in [0.1, 0.15) is 83.1 Å². The molecule has 1 heterocycles. The fourth-order valence-corrected chi connectivity index (χ4v) is 10.3. The summed E-state index contributed by atoms with van der Waals surface area (Å²) in [6.45, 7) is 18.6. The Morgan fingerprint density at radius 1 is 0.770 bits per heavy atom. The van der Waals surface area contributed by atoms with Crippen LogP contribution in [0.4, 0.5) is 17.1 Å². The fourth-order valence-electron chi connectivity index (χ4n) is 10.3. The van der Waals surface area contributed by atoms with E-state index in [1.807, 2.05) is 6.07 Å². The summed E-state index contributed by atoms with van der Waals surface area (Å²) < 4.78 is 0. The number of hydrogen-bond donors (Lipinski definition) is 0. The molecule has 0 spiro atoms. The van der Waals surface area contributed by atoms with Crippen LogP contribution < -0.4 is 9.80 Å². The first kappa shape index (κ1) is 38.4. The highest BCUT2D eigenvalue weighted by atomic mass is 15.2. The number of rotatable bonds is 5. The minimum Gasteiger partial charge on any atom is -0.322 e. The zero-order chi connectivity index (χ0) is 42.0. The molecule has 0 aromatic heterocycles. The Morgan fingerprint density at radius 3 is 2.44 bits per heavy atom. The Bertz CT molecular complexity index is 2910. The van der Waals surface area contributed by atoms with Gasteiger partial charge < -0.3 is 9.80 Å². The first-order valence-electron chi connectivity index (χ1n) is 21.8. The predicted molar refractivity (Wildman–Crippen MR) is 257 cm³/mol. The largest absolute Gasteiger partial charge is 0.322 e. The van der Waals surface area contributed by atoms with Crippen LogP contribution in [0.3, 0.4) is 0 Å². The zero-order valence-electron chi connectivity index (χ0n) is 36.2. The molecule has 0 bridgehead atoms. The molecule has 0 radical (unpaired) electrons. The molecule has 298 valence electrons. The summed E-state index contributed by atoms with van der Waals surface area (Å²) in [6, 6.07) is 44.8. The minimum absolute atomic E-state index is 0.153. The molecule has 0 N–H and O–H groups in total. The first-order valence-corrected chi connectivity index (χ1v) is 21.8. The molecule has 1 aliphatic heterocycles. The van der Waals surface area contributed by atoms with E-state index in [0.717, 1.165) is 36.3 Å². The van der Waals surface area contributed by atoms with Gasteiger partial charge in [-0.1, -0.05) is 143 Å². The Balaban J connectivity index is 1.20. The van der Waals surface area contributed by atoms with Crippen LogP contribution in [0.25, 0.3) is 27.8 Å². The smallest absolute Gasteiger partial charge is 0.0537 e. The second-order valence-corrected chi connectivity index (χ2v) is 18.3. The van der Waals surface area contributed by atoms with Crippen molar-refractivity contribution in [3.8, 4) is 22.3 Å². The molecule has 0 amide bonds. The maximum absolute atomic E-state index is 4.78. The summed E-state index contributed by atoms with van der Waals surface area (Å²) in [5, 5.41) is 0. The quantitative estimate of drug-likeness (QED) is 0.164. The molecule has 5 aromatic carbocycles. The van der Waals surface area contributed by atoms with Crippen molar-refractivity contribution in [2.75, 3.05) is 9.80 Å². The number of benzene rings is 4. The Kier molecular flexibility index (Phi) is 9.29. The average molecular weight is 789 g/mol. The topological polar surface area (TPSA) is 6.48 Å². The van der Waals surface area contributed by atoms with E-state index in [1.165, 1.54) is 83.6 Å². The van der Waals surface area contributed by atoms with E-state index in [0.29, 0.717) is 0 Å². The molecule has 4 aliphatic carbocycles. The highest BCUT2D eigenvalue weighted by molar-refractivity contribution is 5.92. The summed E-state index contributed by atoms with van der Waals surface area (Å²) in [6.07, 6.45) is 20.9. The van der Waals surface area contributed by atoms with Crippen LogP contribution in [0, 0.1) is 18.1 Å². The minimum atomic E-state index is -0.154. The number of nitrogens with zero attached hydrogens (tertiary/aromatic N) is 2. The lowest BCUT2D eigenvalue weighted by Gasteiger charge is -2.33. The number of hydrogen-bond acceptors (Lipinski definition) is 2. The summed E-state index contributed by atoms with van der Waals surface area (Å²) in [5.74, 6) is 0.282. The Hall–Kier alpha value is -6.78. The number of allylic oxidation sites excluding steroid dienone is 12. The maximum Gasteiger partial charge on any atom is 0.0537 e. The summed E-state index contributed by atoms with van der Waals surface area (Å²) >= 11 is 0. The van der Waals surface area contributed by atoms with Gasteiger partial charge in [-0.3, -0.25) is 0 Å². The van der Waals surface area contributed by atoms with E-state index in [9.17, 15) is 0 Å². The summed E-state index contributed by atoms with van der Waals surface area (Å²) in [5.41, 5.74) is 25.5. The third kappa shape index (κ3) is 6.44. The van der Waals surface area contributed by atoms with Crippen molar-refractivity contribution in [1.82, 2.24) is 0 Å². The van der Waals surface area contributed by atoms with Gasteiger partial charge in [0.05, 0.1) is 5.69 Å². The second-order valence-electron chi connectivity index (χ2n) is 18.3.